The van der Waals surface area contributed by atoms with E-state index in [1.165, 1.54) is 0 Å². The minimum absolute atomic E-state index is 0.0696. The number of nitrogens with one attached hydrogen (secondary N) is 2. The summed E-state index contributed by atoms with van der Waals surface area (Å²) in [5.74, 6) is 0.528. The molecular formula is C17H22N2O3S. The van der Waals surface area contributed by atoms with E-state index < -0.39 is 10.0 Å². The summed E-state index contributed by atoms with van der Waals surface area (Å²) in [6.07, 6.45) is 4.44. The second-order valence-electron chi connectivity index (χ2n) is 6.13. The van der Waals surface area contributed by atoms with Crippen LogP contribution in [0.25, 0.3) is 11.1 Å². The second kappa shape index (κ2) is 7.00. The zero-order chi connectivity index (χ0) is 17.0. The molecule has 0 bridgehead atoms. The molecule has 0 aliphatic carbocycles. The summed E-state index contributed by atoms with van der Waals surface area (Å²) in [5, 5.41) is 0. The van der Waals surface area contributed by atoms with Crippen molar-refractivity contribution in [1.82, 2.24) is 4.98 Å². The summed E-state index contributed by atoms with van der Waals surface area (Å²) in [7, 11) is -3.32. The SMILES string of the molecule is CC(C)CCc1cc(-c2cccc(NS(C)(=O)=O)c2)c[nH]c1=O. The van der Waals surface area contributed by atoms with Crippen LogP contribution in [0.1, 0.15) is 25.8 Å². The Morgan fingerprint density at radius 3 is 2.57 bits per heavy atom. The average molecular weight is 334 g/mol. The molecule has 0 aliphatic rings. The van der Waals surface area contributed by atoms with E-state index in [9.17, 15) is 13.2 Å². The van der Waals surface area contributed by atoms with Gasteiger partial charge < -0.3 is 4.98 Å². The fourth-order valence-electron chi connectivity index (χ4n) is 2.30. The smallest absolute Gasteiger partial charge is 0.251 e. The first-order chi connectivity index (χ1) is 10.7. The number of H-pyrrole nitrogens is 1. The summed E-state index contributed by atoms with van der Waals surface area (Å²) in [4.78, 5) is 14.7. The molecule has 6 heteroatoms. The molecule has 0 spiro atoms. The number of anilines is 1. The van der Waals surface area contributed by atoms with Crippen LogP contribution in [-0.2, 0) is 16.4 Å². The fraction of sp³-hybridized carbons (Fsp3) is 0.353. The molecule has 0 amide bonds. The third-order valence-corrected chi connectivity index (χ3v) is 4.08. The zero-order valence-electron chi connectivity index (χ0n) is 13.6. The number of rotatable bonds is 6. The lowest BCUT2D eigenvalue weighted by molar-refractivity contribution is 0.584. The molecule has 5 nitrogen and oxygen atoms in total. The Bertz CT molecular complexity index is 839. The maximum absolute atomic E-state index is 11.9. The van der Waals surface area contributed by atoms with Gasteiger partial charge in [-0.2, -0.15) is 0 Å². The minimum atomic E-state index is -3.32. The topological polar surface area (TPSA) is 79.0 Å². The van der Waals surface area contributed by atoms with Gasteiger partial charge in [0, 0.05) is 17.4 Å². The molecule has 0 saturated carbocycles. The van der Waals surface area contributed by atoms with Crippen LogP contribution >= 0.6 is 0 Å². The van der Waals surface area contributed by atoms with Crippen LogP contribution in [0.5, 0.6) is 0 Å². The highest BCUT2D eigenvalue weighted by Crippen LogP contribution is 2.23. The van der Waals surface area contributed by atoms with Crippen LogP contribution in [0, 0.1) is 5.92 Å². The van der Waals surface area contributed by atoms with Gasteiger partial charge in [0.05, 0.1) is 6.26 Å². The predicted molar refractivity (Wildman–Crippen MR) is 94.1 cm³/mol. The normalized spacial score (nSPS) is 11.7. The lowest BCUT2D eigenvalue weighted by atomic mass is 10.0. The van der Waals surface area contributed by atoms with E-state index in [1.807, 2.05) is 12.1 Å². The van der Waals surface area contributed by atoms with Crippen LogP contribution < -0.4 is 10.3 Å². The molecule has 1 aromatic carbocycles. The predicted octanol–water partition coefficient (Wildman–Crippen LogP) is 3.00. The van der Waals surface area contributed by atoms with Gasteiger partial charge in [0.2, 0.25) is 10.0 Å². The molecule has 1 heterocycles. The van der Waals surface area contributed by atoms with Gasteiger partial charge in [-0.25, -0.2) is 8.42 Å². The molecule has 0 aliphatic heterocycles. The Hall–Kier alpha value is -2.08. The fourth-order valence-corrected chi connectivity index (χ4v) is 2.86. The summed E-state index contributed by atoms with van der Waals surface area (Å²) < 4.78 is 25.1. The largest absolute Gasteiger partial charge is 0.328 e. The van der Waals surface area contributed by atoms with Crippen molar-refractivity contribution < 1.29 is 8.42 Å². The Morgan fingerprint density at radius 2 is 1.91 bits per heavy atom. The van der Waals surface area contributed by atoms with E-state index in [-0.39, 0.29) is 5.56 Å². The van der Waals surface area contributed by atoms with Crippen LogP contribution in [0.2, 0.25) is 0 Å². The van der Waals surface area contributed by atoms with Crippen molar-refractivity contribution in [3.8, 4) is 11.1 Å². The molecule has 2 aromatic rings. The highest BCUT2D eigenvalue weighted by molar-refractivity contribution is 7.92. The highest BCUT2D eigenvalue weighted by atomic mass is 32.2. The number of aryl methyl sites for hydroxylation is 1. The lowest BCUT2D eigenvalue weighted by Gasteiger charge is -2.09. The minimum Gasteiger partial charge on any atom is -0.328 e. The van der Waals surface area contributed by atoms with Crippen molar-refractivity contribution in [2.45, 2.75) is 26.7 Å². The molecule has 0 fully saturated rings. The van der Waals surface area contributed by atoms with Crippen LogP contribution in [0.15, 0.2) is 41.3 Å². The Labute approximate surface area is 136 Å². The van der Waals surface area contributed by atoms with Crippen molar-refractivity contribution in [2.75, 3.05) is 11.0 Å². The zero-order valence-corrected chi connectivity index (χ0v) is 14.4. The quantitative estimate of drug-likeness (QED) is 0.852. The molecule has 2 rings (SSSR count). The third-order valence-electron chi connectivity index (χ3n) is 3.47. The number of aromatic amines is 1. The van der Waals surface area contributed by atoms with Gasteiger partial charge in [-0.1, -0.05) is 26.0 Å². The molecule has 0 radical (unpaired) electrons. The first kappa shape index (κ1) is 17.3. The van der Waals surface area contributed by atoms with Gasteiger partial charge in [-0.05, 0) is 48.1 Å². The van der Waals surface area contributed by atoms with Crippen molar-refractivity contribution >= 4 is 15.7 Å². The number of sulfonamides is 1. The maximum Gasteiger partial charge on any atom is 0.251 e. The molecule has 1 aromatic heterocycles. The average Bonchev–Trinajstić information content (AvgIpc) is 2.44. The third kappa shape index (κ3) is 5.25. The number of benzene rings is 1. The van der Waals surface area contributed by atoms with E-state index in [4.69, 9.17) is 0 Å². The summed E-state index contributed by atoms with van der Waals surface area (Å²) in [5.41, 5.74) is 2.89. The summed E-state index contributed by atoms with van der Waals surface area (Å²) in [6.45, 7) is 4.25. The van der Waals surface area contributed by atoms with E-state index >= 15 is 0 Å². The first-order valence-corrected chi connectivity index (χ1v) is 9.43. The van der Waals surface area contributed by atoms with E-state index in [2.05, 4.69) is 23.6 Å². The van der Waals surface area contributed by atoms with Crippen LogP contribution in [-0.4, -0.2) is 19.7 Å². The van der Waals surface area contributed by atoms with Gasteiger partial charge in [0.1, 0.15) is 0 Å². The van der Waals surface area contributed by atoms with Gasteiger partial charge in [0.25, 0.3) is 5.56 Å². The Balaban J connectivity index is 2.33. The molecule has 0 unspecified atom stereocenters. The van der Waals surface area contributed by atoms with E-state index in [0.717, 1.165) is 35.8 Å². The molecule has 0 atom stereocenters. The molecule has 124 valence electrons. The van der Waals surface area contributed by atoms with Crippen molar-refractivity contribution in [3.05, 3.63) is 52.4 Å². The van der Waals surface area contributed by atoms with Gasteiger partial charge in [-0.3, -0.25) is 9.52 Å². The molecular weight excluding hydrogens is 312 g/mol. The summed E-state index contributed by atoms with van der Waals surface area (Å²) in [6, 6.07) is 8.98. The monoisotopic (exact) mass is 334 g/mol. The van der Waals surface area contributed by atoms with Crippen LogP contribution in [0.4, 0.5) is 5.69 Å². The van der Waals surface area contributed by atoms with Crippen molar-refractivity contribution in [1.29, 1.82) is 0 Å². The number of pyridine rings is 1. The number of hydrogen-bond acceptors (Lipinski definition) is 3. The lowest BCUT2D eigenvalue weighted by Crippen LogP contribution is -2.13. The number of aromatic nitrogens is 1. The number of hydrogen-bond donors (Lipinski definition) is 2. The molecule has 0 saturated heterocycles. The highest BCUT2D eigenvalue weighted by Gasteiger charge is 2.07. The van der Waals surface area contributed by atoms with Crippen molar-refractivity contribution in [3.63, 3.8) is 0 Å². The first-order valence-electron chi connectivity index (χ1n) is 7.54. The van der Waals surface area contributed by atoms with E-state index in [1.54, 1.807) is 24.4 Å². The van der Waals surface area contributed by atoms with Crippen molar-refractivity contribution in [2.24, 2.45) is 5.92 Å². The maximum atomic E-state index is 11.9. The Kier molecular flexibility index (Phi) is 5.26. The molecule has 23 heavy (non-hydrogen) atoms. The van der Waals surface area contributed by atoms with Crippen LogP contribution in [0.3, 0.4) is 0 Å². The van der Waals surface area contributed by atoms with Gasteiger partial charge in [-0.15, -0.1) is 0 Å². The molecule has 2 N–H and O–H groups in total. The van der Waals surface area contributed by atoms with Gasteiger partial charge >= 0.3 is 0 Å². The van der Waals surface area contributed by atoms with E-state index in [0.29, 0.717) is 11.6 Å². The Morgan fingerprint density at radius 1 is 1.17 bits per heavy atom. The summed E-state index contributed by atoms with van der Waals surface area (Å²) >= 11 is 0. The van der Waals surface area contributed by atoms with Gasteiger partial charge in [0.15, 0.2) is 0 Å². The second-order valence-corrected chi connectivity index (χ2v) is 7.88. The standard InChI is InChI=1S/C17H22N2O3S/c1-12(2)7-8-14-9-15(11-18-17(14)20)13-5-4-6-16(10-13)19-23(3,21)22/h4-6,9-12,19H,7-8H2,1-3H3,(H,18,20).